The monoisotopic (exact) mass is 363 g/mol. The average Bonchev–Trinajstić information content (AvgIpc) is 3.15. The number of benzene rings is 2. The average molecular weight is 363 g/mol. The second kappa shape index (κ2) is 8.28. The zero-order chi connectivity index (χ0) is 19.2. The van der Waals surface area contributed by atoms with Crippen LogP contribution >= 0.6 is 0 Å². The van der Waals surface area contributed by atoms with E-state index in [-0.39, 0.29) is 24.3 Å². The van der Waals surface area contributed by atoms with Crippen LogP contribution in [0.4, 0.5) is 5.69 Å². The van der Waals surface area contributed by atoms with Gasteiger partial charge in [-0.1, -0.05) is 30.3 Å². The Labute approximate surface area is 158 Å². The number of nitriles is 1. The number of carbonyl (C=O) groups excluding carboxylic acids is 1. The van der Waals surface area contributed by atoms with Crippen molar-refractivity contribution in [2.45, 2.75) is 26.4 Å². The van der Waals surface area contributed by atoms with E-state index in [1.807, 2.05) is 50.2 Å². The van der Waals surface area contributed by atoms with E-state index in [1.165, 1.54) is 6.20 Å². The molecule has 3 rings (SSSR count). The molecule has 1 amide bonds. The van der Waals surface area contributed by atoms with Crippen LogP contribution in [0.2, 0.25) is 0 Å². The fraction of sp³-hybridized carbons (Fsp3) is 0.238. The third-order valence-corrected chi connectivity index (χ3v) is 4.19. The van der Waals surface area contributed by atoms with Crippen molar-refractivity contribution in [3.8, 4) is 17.6 Å². The van der Waals surface area contributed by atoms with Crippen molar-refractivity contribution in [2.75, 3.05) is 12.1 Å². The van der Waals surface area contributed by atoms with E-state index in [0.717, 1.165) is 5.56 Å². The lowest BCUT2D eigenvalue weighted by Gasteiger charge is -2.26. The summed E-state index contributed by atoms with van der Waals surface area (Å²) in [5.74, 6) is 0.991. The molecule has 0 saturated carbocycles. The van der Waals surface area contributed by atoms with Gasteiger partial charge < -0.3 is 19.7 Å². The number of anilines is 1. The van der Waals surface area contributed by atoms with Crippen LogP contribution in [0.3, 0.4) is 0 Å². The third kappa shape index (κ3) is 4.39. The fourth-order valence-corrected chi connectivity index (χ4v) is 2.71. The van der Waals surface area contributed by atoms with E-state index >= 15 is 0 Å². The molecular weight excluding hydrogens is 342 g/mol. The summed E-state index contributed by atoms with van der Waals surface area (Å²) >= 11 is 0. The minimum absolute atomic E-state index is 0.0392. The van der Waals surface area contributed by atoms with Crippen LogP contribution in [0.25, 0.3) is 0 Å². The van der Waals surface area contributed by atoms with Gasteiger partial charge >= 0.3 is 0 Å². The maximum atomic E-state index is 12.9. The zero-order valence-corrected chi connectivity index (χ0v) is 15.3. The van der Waals surface area contributed by atoms with Gasteiger partial charge in [-0.05, 0) is 31.5 Å². The van der Waals surface area contributed by atoms with Crippen LogP contribution in [0.1, 0.15) is 19.4 Å². The number of amides is 1. The molecule has 1 aliphatic heterocycles. The maximum Gasteiger partial charge on any atom is 0.266 e. The highest BCUT2D eigenvalue weighted by Crippen LogP contribution is 2.34. The van der Waals surface area contributed by atoms with Gasteiger partial charge in [0.1, 0.15) is 11.6 Å². The van der Waals surface area contributed by atoms with Gasteiger partial charge in [-0.2, -0.15) is 5.26 Å². The topological polar surface area (TPSA) is 74.6 Å². The number of rotatable bonds is 6. The molecule has 6 heteroatoms. The summed E-state index contributed by atoms with van der Waals surface area (Å²) in [4.78, 5) is 14.6. The lowest BCUT2D eigenvalue weighted by atomic mass is 10.1. The van der Waals surface area contributed by atoms with Gasteiger partial charge in [0.15, 0.2) is 11.5 Å². The number of carbonyl (C=O) groups is 1. The van der Waals surface area contributed by atoms with Gasteiger partial charge in [0.05, 0.1) is 0 Å². The van der Waals surface area contributed by atoms with Crippen molar-refractivity contribution in [2.24, 2.45) is 0 Å². The Bertz CT molecular complexity index is 885. The first-order chi connectivity index (χ1) is 13.1. The molecule has 0 radical (unpaired) electrons. The van der Waals surface area contributed by atoms with Crippen molar-refractivity contribution in [1.82, 2.24) is 4.90 Å². The molecule has 27 heavy (non-hydrogen) atoms. The number of ether oxygens (including phenoxy) is 2. The second-order valence-electron chi connectivity index (χ2n) is 6.39. The predicted octanol–water partition coefficient (Wildman–Crippen LogP) is 3.67. The smallest absolute Gasteiger partial charge is 0.266 e. The van der Waals surface area contributed by atoms with Gasteiger partial charge in [-0.25, -0.2) is 0 Å². The zero-order valence-electron chi connectivity index (χ0n) is 15.3. The second-order valence-corrected chi connectivity index (χ2v) is 6.39. The van der Waals surface area contributed by atoms with E-state index in [2.05, 4.69) is 5.32 Å². The van der Waals surface area contributed by atoms with E-state index < -0.39 is 0 Å². The van der Waals surface area contributed by atoms with Crippen LogP contribution in [0, 0.1) is 11.3 Å². The fourth-order valence-electron chi connectivity index (χ4n) is 2.71. The molecule has 0 bridgehead atoms. The van der Waals surface area contributed by atoms with Gasteiger partial charge in [0, 0.05) is 30.5 Å². The summed E-state index contributed by atoms with van der Waals surface area (Å²) in [6, 6.07) is 17.0. The molecule has 6 nitrogen and oxygen atoms in total. The lowest BCUT2D eigenvalue weighted by molar-refractivity contribution is -0.129. The van der Waals surface area contributed by atoms with Gasteiger partial charge in [0.25, 0.3) is 5.91 Å². The van der Waals surface area contributed by atoms with E-state index in [0.29, 0.717) is 23.7 Å². The first-order valence-corrected chi connectivity index (χ1v) is 8.70. The highest BCUT2D eigenvalue weighted by atomic mass is 16.7. The Morgan fingerprint density at radius 2 is 1.96 bits per heavy atom. The highest BCUT2D eigenvalue weighted by Gasteiger charge is 2.21. The van der Waals surface area contributed by atoms with Crippen LogP contribution in [-0.2, 0) is 11.3 Å². The standard InChI is InChI=1S/C21H21N3O3/c1-15(2)24(13-16-6-4-3-5-7-16)21(25)17(11-22)12-23-18-8-9-19-20(10-18)27-14-26-19/h3-10,12,15,23H,13-14H2,1-2H3/b17-12-. The molecular formula is C21H21N3O3. The third-order valence-electron chi connectivity index (χ3n) is 4.19. The number of hydrogen-bond donors (Lipinski definition) is 1. The Balaban J connectivity index is 1.75. The molecule has 1 heterocycles. The number of nitrogens with one attached hydrogen (secondary N) is 1. The minimum Gasteiger partial charge on any atom is -0.454 e. The van der Waals surface area contributed by atoms with Crippen molar-refractivity contribution in [1.29, 1.82) is 5.26 Å². The molecule has 0 unspecified atom stereocenters. The van der Waals surface area contributed by atoms with E-state index in [4.69, 9.17) is 9.47 Å². The molecule has 138 valence electrons. The van der Waals surface area contributed by atoms with Crippen LogP contribution in [0.15, 0.2) is 60.3 Å². The molecule has 2 aromatic rings. The Hall–Kier alpha value is -3.46. The van der Waals surface area contributed by atoms with Crippen molar-refractivity contribution in [3.05, 3.63) is 65.9 Å². The molecule has 2 aromatic carbocycles. The largest absolute Gasteiger partial charge is 0.454 e. The van der Waals surface area contributed by atoms with Crippen LogP contribution in [0.5, 0.6) is 11.5 Å². The summed E-state index contributed by atoms with van der Waals surface area (Å²) in [6.45, 7) is 4.50. The molecule has 0 aromatic heterocycles. The lowest BCUT2D eigenvalue weighted by Crippen LogP contribution is -2.37. The molecule has 0 aliphatic carbocycles. The van der Waals surface area contributed by atoms with E-state index in [1.54, 1.807) is 23.1 Å². The molecule has 1 aliphatic rings. The highest BCUT2D eigenvalue weighted by molar-refractivity contribution is 5.97. The Morgan fingerprint density at radius 1 is 1.22 bits per heavy atom. The Morgan fingerprint density at radius 3 is 2.67 bits per heavy atom. The first-order valence-electron chi connectivity index (χ1n) is 8.70. The van der Waals surface area contributed by atoms with Gasteiger partial charge in [-0.15, -0.1) is 0 Å². The summed E-state index contributed by atoms with van der Waals surface area (Å²) in [5, 5.41) is 12.5. The van der Waals surface area contributed by atoms with Crippen LogP contribution in [-0.4, -0.2) is 23.6 Å². The Kier molecular flexibility index (Phi) is 5.62. The predicted molar refractivity (Wildman–Crippen MR) is 102 cm³/mol. The summed E-state index contributed by atoms with van der Waals surface area (Å²) in [6.07, 6.45) is 1.43. The first kappa shape index (κ1) is 18.3. The summed E-state index contributed by atoms with van der Waals surface area (Å²) in [5.41, 5.74) is 1.76. The quantitative estimate of drug-likeness (QED) is 0.626. The molecule has 0 fully saturated rings. The SMILES string of the molecule is CC(C)N(Cc1ccccc1)C(=O)/C(C#N)=C\Nc1ccc2c(c1)OCO2. The molecule has 0 atom stereocenters. The number of hydrogen-bond acceptors (Lipinski definition) is 5. The minimum atomic E-state index is -0.315. The van der Waals surface area contributed by atoms with Gasteiger partial charge in [0.2, 0.25) is 6.79 Å². The summed E-state index contributed by atoms with van der Waals surface area (Å²) in [7, 11) is 0. The van der Waals surface area contributed by atoms with Crippen molar-refractivity contribution >= 4 is 11.6 Å². The van der Waals surface area contributed by atoms with E-state index in [9.17, 15) is 10.1 Å². The van der Waals surface area contributed by atoms with Crippen molar-refractivity contribution < 1.29 is 14.3 Å². The summed E-state index contributed by atoms with van der Waals surface area (Å²) < 4.78 is 10.6. The van der Waals surface area contributed by atoms with Gasteiger partial charge in [-0.3, -0.25) is 4.79 Å². The van der Waals surface area contributed by atoms with Crippen molar-refractivity contribution in [3.63, 3.8) is 0 Å². The molecule has 0 saturated heterocycles. The molecule has 1 N–H and O–H groups in total. The maximum absolute atomic E-state index is 12.9. The number of fused-ring (bicyclic) bond motifs is 1. The number of nitrogens with zero attached hydrogens (tertiary/aromatic N) is 2. The normalized spacial score (nSPS) is 12.6. The van der Waals surface area contributed by atoms with Crippen LogP contribution < -0.4 is 14.8 Å². The molecule has 0 spiro atoms.